The van der Waals surface area contributed by atoms with Crippen LogP contribution in [-0.2, 0) is 17.7 Å². The van der Waals surface area contributed by atoms with Crippen LogP contribution in [0.25, 0.3) is 22.2 Å². The van der Waals surface area contributed by atoms with Crippen molar-refractivity contribution < 1.29 is 4.84 Å². The average Bonchev–Trinajstić information content (AvgIpc) is 2.90. The molecule has 35 heavy (non-hydrogen) atoms. The van der Waals surface area contributed by atoms with Crippen LogP contribution in [0.1, 0.15) is 48.9 Å². The molecule has 4 rings (SSSR count). The Labute approximate surface area is 209 Å². The van der Waals surface area contributed by atoms with E-state index in [-0.39, 0.29) is 0 Å². The number of nitrogens with one attached hydrogen (secondary N) is 3. The maximum absolute atomic E-state index is 7.79. The summed E-state index contributed by atoms with van der Waals surface area (Å²) < 4.78 is 0. The summed E-state index contributed by atoms with van der Waals surface area (Å²) in [6.45, 7) is 5.70. The average molecular weight is 477 g/mol. The summed E-state index contributed by atoms with van der Waals surface area (Å²) in [5.41, 5.74) is 16.6. The Balaban J connectivity index is 0.000000371. The van der Waals surface area contributed by atoms with Crippen LogP contribution in [0.3, 0.4) is 0 Å². The number of aromatic nitrogens is 1. The number of nitrogens with two attached hydrogens (primary N) is 1. The van der Waals surface area contributed by atoms with E-state index < -0.39 is 0 Å². The van der Waals surface area contributed by atoms with Crippen molar-refractivity contribution in [3.05, 3.63) is 58.7 Å². The maximum Gasteiger partial charge on any atom is 0.0808 e. The molecule has 7 heteroatoms. The highest BCUT2D eigenvalue weighted by Crippen LogP contribution is 2.37. The van der Waals surface area contributed by atoms with E-state index in [0.717, 1.165) is 72.1 Å². The second-order valence-corrected chi connectivity index (χ2v) is 8.35. The molecule has 0 bridgehead atoms. The number of benzene rings is 2. The highest BCUT2D eigenvalue weighted by molar-refractivity contribution is 6.05. The van der Waals surface area contributed by atoms with Crippen molar-refractivity contribution in [1.82, 2.24) is 15.4 Å². The number of nitrogens with zero attached hydrogens (tertiary/aromatic N) is 2. The molecule has 3 aromatic rings. The normalized spacial score (nSPS) is 12.2. The van der Waals surface area contributed by atoms with Crippen molar-refractivity contribution in [1.29, 1.82) is 10.8 Å². The number of hydroxylamine groups is 1. The molecule has 0 saturated carbocycles. The lowest BCUT2D eigenvalue weighted by Gasteiger charge is -2.22. The fourth-order valence-corrected chi connectivity index (χ4v) is 4.13. The van der Waals surface area contributed by atoms with Crippen LogP contribution in [0, 0.1) is 10.8 Å². The van der Waals surface area contributed by atoms with E-state index >= 15 is 0 Å². The molecule has 0 aliphatic heterocycles. The minimum atomic E-state index is 0.639. The molecule has 188 valence electrons. The Morgan fingerprint density at radius 2 is 1.66 bits per heavy atom. The molecular weight excluding hydrogens is 436 g/mol. The zero-order valence-corrected chi connectivity index (χ0v) is 21.7. The number of hydrogen-bond donors (Lipinski definition) is 4. The van der Waals surface area contributed by atoms with Gasteiger partial charge in [-0.2, -0.15) is 0 Å². The van der Waals surface area contributed by atoms with Gasteiger partial charge in [-0.25, -0.2) is 10.5 Å². The molecule has 7 nitrogen and oxygen atoms in total. The maximum atomic E-state index is 7.79. The third kappa shape index (κ3) is 7.18. The Morgan fingerprint density at radius 1 is 1.00 bits per heavy atom. The van der Waals surface area contributed by atoms with E-state index in [4.69, 9.17) is 26.4 Å². The third-order valence-electron chi connectivity index (χ3n) is 5.82. The lowest BCUT2D eigenvalue weighted by molar-refractivity contribution is 0.0481. The van der Waals surface area contributed by atoms with Gasteiger partial charge in [0.25, 0.3) is 0 Å². The Morgan fingerprint density at radius 3 is 2.23 bits per heavy atom. The summed E-state index contributed by atoms with van der Waals surface area (Å²) in [5, 5.41) is 16.2. The SMILES string of the molecule is CC.CNOCCN(C)C.N=Cc1ccc(-c2nc3ccc(N)c(C=N)c3c3c2CCCC3)cc1. The van der Waals surface area contributed by atoms with Crippen LogP contribution >= 0.6 is 0 Å². The number of hydrogen-bond acceptors (Lipinski definition) is 7. The van der Waals surface area contributed by atoms with Gasteiger partial charge in [-0.3, -0.25) is 0 Å². The van der Waals surface area contributed by atoms with E-state index in [1.54, 1.807) is 7.05 Å². The first-order chi connectivity index (χ1) is 17.0. The molecule has 1 aliphatic carbocycles. The second kappa shape index (κ2) is 14.3. The van der Waals surface area contributed by atoms with Crippen LogP contribution in [0.15, 0.2) is 36.4 Å². The molecule has 0 fully saturated rings. The van der Waals surface area contributed by atoms with E-state index in [1.807, 2.05) is 64.3 Å². The predicted molar refractivity (Wildman–Crippen MR) is 149 cm³/mol. The lowest BCUT2D eigenvalue weighted by atomic mass is 9.85. The van der Waals surface area contributed by atoms with E-state index in [2.05, 4.69) is 10.4 Å². The van der Waals surface area contributed by atoms with Gasteiger partial charge in [-0.05, 0) is 68.6 Å². The summed E-state index contributed by atoms with van der Waals surface area (Å²) in [5.74, 6) is 0. The molecule has 0 saturated heterocycles. The highest BCUT2D eigenvalue weighted by Gasteiger charge is 2.21. The molecule has 2 aromatic carbocycles. The Kier molecular flexibility index (Phi) is 11.5. The number of fused-ring (bicyclic) bond motifs is 3. The van der Waals surface area contributed by atoms with Crippen LogP contribution < -0.4 is 11.2 Å². The van der Waals surface area contributed by atoms with Crippen LogP contribution in [0.2, 0.25) is 0 Å². The first kappa shape index (κ1) is 28.1. The molecule has 0 amide bonds. The van der Waals surface area contributed by atoms with Crippen LogP contribution in [0.4, 0.5) is 5.69 Å². The number of nitrogen functional groups attached to an aromatic ring is 1. The number of likely N-dealkylation sites (N-methyl/N-ethyl adjacent to an activating group) is 1. The molecular formula is C28H40N6O. The first-order valence-electron chi connectivity index (χ1n) is 12.3. The summed E-state index contributed by atoms with van der Waals surface area (Å²) in [6, 6.07) is 11.8. The Hall–Kier alpha value is -3.13. The zero-order valence-electron chi connectivity index (χ0n) is 21.7. The van der Waals surface area contributed by atoms with Crippen LogP contribution in [0.5, 0.6) is 0 Å². The fourth-order valence-electron chi connectivity index (χ4n) is 4.13. The molecule has 1 aromatic heterocycles. The molecule has 0 spiro atoms. The molecule has 0 atom stereocenters. The summed E-state index contributed by atoms with van der Waals surface area (Å²) in [4.78, 5) is 11.9. The lowest BCUT2D eigenvalue weighted by Crippen LogP contribution is -2.21. The van der Waals surface area contributed by atoms with Gasteiger partial charge >= 0.3 is 0 Å². The topological polar surface area (TPSA) is 111 Å². The quantitative estimate of drug-likeness (QED) is 0.164. The molecule has 0 unspecified atom stereocenters. The van der Waals surface area contributed by atoms with Crippen molar-refractivity contribution in [3.8, 4) is 11.3 Å². The minimum Gasteiger partial charge on any atom is -0.398 e. The van der Waals surface area contributed by atoms with Gasteiger partial charge in [-0.15, -0.1) is 0 Å². The predicted octanol–water partition coefficient (Wildman–Crippen LogP) is 5.08. The number of rotatable bonds is 7. The fraction of sp³-hybridized carbons (Fsp3) is 0.393. The van der Waals surface area contributed by atoms with Crippen molar-refractivity contribution in [2.75, 3.05) is 40.0 Å². The molecule has 0 radical (unpaired) electrons. The van der Waals surface area contributed by atoms with Gasteiger partial charge in [0.1, 0.15) is 0 Å². The summed E-state index contributed by atoms with van der Waals surface area (Å²) in [6.07, 6.45) is 7.04. The van der Waals surface area contributed by atoms with Gasteiger partial charge in [-0.1, -0.05) is 38.1 Å². The summed E-state index contributed by atoms with van der Waals surface area (Å²) >= 11 is 0. The largest absolute Gasteiger partial charge is 0.398 e. The molecule has 5 N–H and O–H groups in total. The minimum absolute atomic E-state index is 0.639. The molecule has 1 aliphatic rings. The first-order valence-corrected chi connectivity index (χ1v) is 12.3. The van der Waals surface area contributed by atoms with Crippen LogP contribution in [-0.4, -0.2) is 56.6 Å². The van der Waals surface area contributed by atoms with Gasteiger partial charge < -0.3 is 26.3 Å². The number of aryl methyl sites for hydroxylation is 1. The van der Waals surface area contributed by atoms with Gasteiger partial charge in [0, 0.05) is 48.2 Å². The van der Waals surface area contributed by atoms with Gasteiger partial charge in [0.2, 0.25) is 0 Å². The van der Waals surface area contributed by atoms with E-state index in [1.165, 1.54) is 23.6 Å². The monoisotopic (exact) mass is 476 g/mol. The Bertz CT molecular complexity index is 1110. The van der Waals surface area contributed by atoms with Crippen molar-refractivity contribution in [3.63, 3.8) is 0 Å². The molecule has 1 heterocycles. The highest BCUT2D eigenvalue weighted by atomic mass is 16.6. The van der Waals surface area contributed by atoms with Crippen molar-refractivity contribution in [2.24, 2.45) is 0 Å². The number of anilines is 1. The number of pyridine rings is 1. The van der Waals surface area contributed by atoms with Gasteiger partial charge in [0.15, 0.2) is 0 Å². The van der Waals surface area contributed by atoms with E-state index in [0.29, 0.717) is 5.69 Å². The smallest absolute Gasteiger partial charge is 0.0808 e. The second-order valence-electron chi connectivity index (χ2n) is 8.35. The van der Waals surface area contributed by atoms with Gasteiger partial charge in [0.05, 0.1) is 17.8 Å². The van der Waals surface area contributed by atoms with Crippen molar-refractivity contribution in [2.45, 2.75) is 39.5 Å². The third-order valence-corrected chi connectivity index (χ3v) is 5.82. The standard InChI is InChI=1S/C21H20N4.C5H14N2O.C2H6/c22-11-13-5-7-14(8-6-13)21-16-4-2-1-3-15(16)20-17(12-23)18(24)9-10-19(20)25-21;1-6-8-5-4-7(2)3;1-2/h5-12,22-23H,1-4,24H2;6H,4-5H2,1-3H3;1-2H3. The van der Waals surface area contributed by atoms with E-state index in [9.17, 15) is 0 Å². The summed E-state index contributed by atoms with van der Waals surface area (Å²) in [7, 11) is 5.79. The van der Waals surface area contributed by atoms with Crippen molar-refractivity contribution >= 4 is 29.0 Å². The zero-order chi connectivity index (χ0) is 25.8.